The van der Waals surface area contributed by atoms with E-state index < -0.39 is 39.0 Å². The number of primary amides is 1. The third-order valence-electron chi connectivity index (χ3n) is 3.48. The number of halogens is 2. The summed E-state index contributed by atoms with van der Waals surface area (Å²) >= 11 is 0. The van der Waals surface area contributed by atoms with Gasteiger partial charge in [-0.05, 0) is 36.4 Å². The van der Waals surface area contributed by atoms with E-state index in [-0.39, 0.29) is 21.9 Å². The van der Waals surface area contributed by atoms with Gasteiger partial charge >= 0.3 is 0 Å². The van der Waals surface area contributed by atoms with E-state index in [1.54, 1.807) is 0 Å². The Morgan fingerprint density at radius 2 is 1.62 bits per heavy atom. The van der Waals surface area contributed by atoms with Crippen molar-refractivity contribution in [1.82, 2.24) is 4.98 Å². The van der Waals surface area contributed by atoms with Crippen molar-refractivity contribution in [3.05, 3.63) is 59.8 Å². The highest BCUT2D eigenvalue weighted by molar-refractivity contribution is 7.89. The Bertz CT molecular complexity index is 1090. The molecule has 0 saturated heterocycles. The number of oxazole rings is 1. The molecule has 3 aromatic rings. The lowest BCUT2D eigenvalue weighted by Crippen LogP contribution is -2.13. The van der Waals surface area contributed by atoms with Crippen molar-refractivity contribution < 1.29 is 26.4 Å². The molecule has 0 bridgehead atoms. The molecule has 134 valence electrons. The smallest absolute Gasteiger partial charge is 0.271 e. The third-order valence-corrected chi connectivity index (χ3v) is 4.41. The van der Waals surface area contributed by atoms with Crippen molar-refractivity contribution in [1.29, 1.82) is 0 Å². The van der Waals surface area contributed by atoms with Crippen LogP contribution in [0.15, 0.2) is 51.8 Å². The van der Waals surface area contributed by atoms with Crippen LogP contribution in [0.4, 0.5) is 8.78 Å². The van der Waals surface area contributed by atoms with E-state index in [1.165, 1.54) is 30.3 Å². The van der Waals surface area contributed by atoms with Crippen molar-refractivity contribution in [2.45, 2.75) is 4.90 Å². The molecule has 0 aliphatic heterocycles. The lowest BCUT2D eigenvalue weighted by molar-refractivity contribution is 0.0996. The van der Waals surface area contributed by atoms with Crippen molar-refractivity contribution in [2.24, 2.45) is 10.9 Å². The molecule has 0 saturated carbocycles. The Kier molecular flexibility index (Phi) is 4.30. The summed E-state index contributed by atoms with van der Waals surface area (Å²) in [6, 6.07) is 8.14. The van der Waals surface area contributed by atoms with E-state index in [0.29, 0.717) is 0 Å². The van der Waals surface area contributed by atoms with Crippen LogP contribution in [-0.4, -0.2) is 19.3 Å². The van der Waals surface area contributed by atoms with Crippen molar-refractivity contribution in [3.63, 3.8) is 0 Å². The zero-order valence-electron chi connectivity index (χ0n) is 12.9. The number of benzene rings is 2. The third kappa shape index (κ3) is 3.19. The Balaban J connectivity index is 2.16. The second kappa shape index (κ2) is 6.32. The molecular weight excluding hydrogens is 368 g/mol. The molecule has 0 atom stereocenters. The zero-order chi connectivity index (χ0) is 19.1. The number of nitrogens with two attached hydrogens (primary N) is 2. The molecule has 1 heterocycles. The standard InChI is InChI=1S/C16H11F2N3O4S/c17-10-2-1-3-11(18)12(10)16-21-13(15(19)22)14(25-16)8-4-6-9(7-5-8)26(20,23)24/h1-7H,(H2,19,22)(H2,20,23,24). The topological polar surface area (TPSA) is 129 Å². The van der Waals surface area contributed by atoms with Gasteiger partial charge in [0.25, 0.3) is 5.91 Å². The number of hydrogen-bond donors (Lipinski definition) is 2. The SMILES string of the molecule is NC(=O)c1nc(-c2c(F)cccc2F)oc1-c1ccc(S(N)(=O)=O)cc1. The van der Waals surface area contributed by atoms with Gasteiger partial charge in [-0.2, -0.15) is 0 Å². The largest absolute Gasteiger partial charge is 0.435 e. The maximum atomic E-state index is 13.9. The van der Waals surface area contributed by atoms with Crippen LogP contribution in [0.2, 0.25) is 0 Å². The van der Waals surface area contributed by atoms with Crippen LogP contribution < -0.4 is 10.9 Å². The predicted octanol–water partition coefficient (Wildman–Crippen LogP) is 2.03. The molecular formula is C16H11F2N3O4S. The minimum Gasteiger partial charge on any atom is -0.435 e. The number of sulfonamides is 1. The minimum absolute atomic E-state index is 0.156. The molecule has 0 radical (unpaired) electrons. The van der Waals surface area contributed by atoms with Gasteiger partial charge in [-0.25, -0.2) is 27.3 Å². The summed E-state index contributed by atoms with van der Waals surface area (Å²) in [5.74, 6) is -3.48. The van der Waals surface area contributed by atoms with E-state index >= 15 is 0 Å². The fourth-order valence-electron chi connectivity index (χ4n) is 2.29. The lowest BCUT2D eigenvalue weighted by atomic mass is 10.1. The number of rotatable bonds is 4. The van der Waals surface area contributed by atoms with Crippen LogP contribution in [0.3, 0.4) is 0 Å². The van der Waals surface area contributed by atoms with Crippen LogP contribution in [0, 0.1) is 11.6 Å². The highest BCUT2D eigenvalue weighted by Crippen LogP contribution is 2.32. The molecule has 0 aliphatic rings. The summed E-state index contributed by atoms with van der Waals surface area (Å²) in [6.45, 7) is 0. The Morgan fingerprint density at radius 3 is 2.12 bits per heavy atom. The van der Waals surface area contributed by atoms with Crippen molar-refractivity contribution in [2.75, 3.05) is 0 Å². The van der Waals surface area contributed by atoms with Gasteiger partial charge in [0.2, 0.25) is 15.9 Å². The van der Waals surface area contributed by atoms with Gasteiger partial charge in [-0.3, -0.25) is 4.79 Å². The fraction of sp³-hybridized carbons (Fsp3) is 0. The van der Waals surface area contributed by atoms with Crippen molar-refractivity contribution >= 4 is 15.9 Å². The first-order valence-corrected chi connectivity index (χ1v) is 8.61. The molecule has 0 fully saturated rings. The molecule has 0 unspecified atom stereocenters. The molecule has 7 nitrogen and oxygen atoms in total. The molecule has 26 heavy (non-hydrogen) atoms. The van der Waals surface area contributed by atoms with Crippen molar-refractivity contribution in [3.8, 4) is 22.8 Å². The lowest BCUT2D eigenvalue weighted by Gasteiger charge is -2.02. The van der Waals surface area contributed by atoms with Gasteiger partial charge in [0.15, 0.2) is 11.5 Å². The van der Waals surface area contributed by atoms with Gasteiger partial charge in [-0.1, -0.05) is 6.07 Å². The van der Waals surface area contributed by atoms with E-state index in [0.717, 1.165) is 12.1 Å². The number of hydrogen-bond acceptors (Lipinski definition) is 5. The van der Waals surface area contributed by atoms with E-state index in [9.17, 15) is 22.0 Å². The first-order valence-electron chi connectivity index (χ1n) is 7.06. The Morgan fingerprint density at radius 1 is 1.04 bits per heavy atom. The van der Waals surface area contributed by atoms with E-state index in [2.05, 4.69) is 4.98 Å². The first kappa shape index (κ1) is 17.7. The summed E-state index contributed by atoms with van der Waals surface area (Å²) in [7, 11) is -3.91. The number of primary sulfonamides is 1. The molecule has 2 aromatic carbocycles. The maximum absolute atomic E-state index is 13.9. The maximum Gasteiger partial charge on any atom is 0.271 e. The average Bonchev–Trinajstić information content (AvgIpc) is 2.99. The van der Waals surface area contributed by atoms with Crippen LogP contribution in [0.25, 0.3) is 22.8 Å². The van der Waals surface area contributed by atoms with Crippen LogP contribution in [0.1, 0.15) is 10.5 Å². The number of amides is 1. The Labute approximate surface area is 146 Å². The highest BCUT2D eigenvalue weighted by atomic mass is 32.2. The minimum atomic E-state index is -3.91. The quantitative estimate of drug-likeness (QED) is 0.716. The fourth-order valence-corrected chi connectivity index (χ4v) is 2.80. The van der Waals surface area contributed by atoms with E-state index in [1.807, 2.05) is 0 Å². The summed E-state index contributed by atoms with van der Waals surface area (Å²) < 4.78 is 55.8. The molecule has 0 spiro atoms. The van der Waals surface area contributed by atoms with Crippen LogP contribution in [-0.2, 0) is 10.0 Å². The monoisotopic (exact) mass is 379 g/mol. The average molecular weight is 379 g/mol. The molecule has 10 heteroatoms. The second-order valence-corrected chi connectivity index (χ2v) is 6.79. The summed E-state index contributed by atoms with van der Waals surface area (Å²) in [5.41, 5.74) is 4.57. The van der Waals surface area contributed by atoms with Gasteiger partial charge in [0.1, 0.15) is 17.2 Å². The number of aromatic nitrogens is 1. The molecule has 3 rings (SSSR count). The van der Waals surface area contributed by atoms with Crippen LogP contribution in [0.5, 0.6) is 0 Å². The summed E-state index contributed by atoms with van der Waals surface area (Å²) in [5, 5.41) is 5.02. The van der Waals surface area contributed by atoms with Crippen LogP contribution >= 0.6 is 0 Å². The number of carbonyl (C=O) groups is 1. The van der Waals surface area contributed by atoms with Gasteiger partial charge < -0.3 is 10.2 Å². The number of carbonyl (C=O) groups excluding carboxylic acids is 1. The van der Waals surface area contributed by atoms with Gasteiger partial charge in [-0.15, -0.1) is 0 Å². The summed E-state index contributed by atoms with van der Waals surface area (Å²) in [6.07, 6.45) is 0. The predicted molar refractivity (Wildman–Crippen MR) is 87.2 cm³/mol. The molecule has 0 aliphatic carbocycles. The molecule has 1 amide bonds. The molecule has 4 N–H and O–H groups in total. The normalized spacial score (nSPS) is 11.5. The van der Waals surface area contributed by atoms with E-state index in [4.69, 9.17) is 15.3 Å². The zero-order valence-corrected chi connectivity index (χ0v) is 13.8. The van der Waals surface area contributed by atoms with Gasteiger partial charge in [0, 0.05) is 5.56 Å². The highest BCUT2D eigenvalue weighted by Gasteiger charge is 2.24. The molecule has 1 aromatic heterocycles. The Hall–Kier alpha value is -3.11. The van der Waals surface area contributed by atoms with Gasteiger partial charge in [0.05, 0.1) is 4.90 Å². The summed E-state index contributed by atoms with van der Waals surface area (Å²) in [4.78, 5) is 15.3. The number of nitrogens with zero attached hydrogens (tertiary/aromatic N) is 1. The first-order chi connectivity index (χ1) is 12.2. The second-order valence-electron chi connectivity index (χ2n) is 5.23.